The first-order chi connectivity index (χ1) is 57.7. The van der Waals surface area contributed by atoms with Crippen LogP contribution in [0.25, 0.3) is 44.5 Å². The number of benzene rings is 15. The molecule has 15 aromatic rings. The third-order valence-corrected chi connectivity index (χ3v) is 29.1. The number of hydrogen-bond donors (Lipinski definition) is 0. The van der Waals surface area contributed by atoms with Gasteiger partial charge in [-0.25, -0.2) is 0 Å². The average Bonchev–Trinajstić information content (AvgIpc) is 0.661. The molecule has 0 bridgehead atoms. The smallest absolute Gasteiger partial charge is 0.255 e. The van der Waals surface area contributed by atoms with Gasteiger partial charge >= 0.3 is 0 Å². The van der Waals surface area contributed by atoms with E-state index in [1.54, 1.807) is 0 Å². The molecule has 0 saturated carbocycles. The summed E-state index contributed by atoms with van der Waals surface area (Å²) in [6, 6.07) is 119. The Morgan fingerprint density at radius 1 is 0.235 bits per heavy atom. The maximum absolute atomic E-state index is 2.86. The van der Waals surface area contributed by atoms with E-state index in [-0.39, 0.29) is 48.5 Å². The fourth-order valence-electron chi connectivity index (χ4n) is 21.3. The molecule has 0 aromatic heterocycles. The van der Waals surface area contributed by atoms with Gasteiger partial charge in [-0.2, -0.15) is 0 Å². The molecule has 0 saturated heterocycles. The third kappa shape index (κ3) is 10.5. The van der Waals surface area contributed by atoms with Crippen LogP contribution in [0.4, 0.5) is 91.0 Å². The Labute approximate surface area is 710 Å². The normalized spacial score (nSPS) is 14.5. The average molecular weight is 1570 g/mol. The summed E-state index contributed by atoms with van der Waals surface area (Å²) in [6.07, 6.45) is 0. The van der Waals surface area contributed by atoms with Crippen molar-refractivity contribution in [1.82, 2.24) is 0 Å². The third-order valence-electron chi connectivity index (χ3n) is 26.6. The highest BCUT2D eigenvalue weighted by Gasteiger charge is 2.56. The zero-order chi connectivity index (χ0) is 80.7. The van der Waals surface area contributed by atoms with Crippen molar-refractivity contribution in [2.45, 2.75) is 138 Å². The molecule has 8 aliphatic heterocycles. The van der Waals surface area contributed by atoms with Gasteiger partial charge in [-0.05, 0) is 218 Å². The molecule has 8 aliphatic rings. The molecule has 0 spiro atoms. The minimum atomic E-state index is -0.386. The van der Waals surface area contributed by atoms with Gasteiger partial charge in [0.05, 0.1) is 56.9 Å². The first-order valence-corrected chi connectivity index (χ1v) is 44.3. The van der Waals surface area contributed by atoms with Crippen LogP contribution in [0.5, 0.6) is 0 Å². The summed E-state index contributed by atoms with van der Waals surface area (Å²) in [5.74, 6) is 0. The van der Waals surface area contributed by atoms with E-state index in [1.165, 1.54) is 187 Å². The second kappa shape index (κ2) is 26.2. The molecule has 23 rings (SSSR count). The van der Waals surface area contributed by atoms with Crippen molar-refractivity contribution in [1.29, 1.82) is 0 Å². The zero-order valence-corrected chi connectivity index (χ0v) is 71.4. The SMILES string of the molecule is CC(C)N1c2ccccc2N2c3cc4c(c5c3B(c3ccccc3S5)c3cccc1c32)B1c2c(cc(C(C)(C)C)cc2N(c2c(-c3ccccc3)cc(C(C)(C)C)cc2-c2ccccc2)c2cc3c5c(c21)Sc1ccccc1B5c1cccc2c1N3c1ccccc1N2C(C)C)N4c1c(-c2ccccc2)cc(C(C)(C)C)cc1-c1ccccc1. The van der Waals surface area contributed by atoms with E-state index < -0.39 is 0 Å². The fraction of sp³-hybridized carbons (Fsp3) is 0.167. The summed E-state index contributed by atoms with van der Waals surface area (Å²) >= 11 is 4.04. The van der Waals surface area contributed by atoms with Crippen LogP contribution >= 0.6 is 23.5 Å². The number of para-hydroxylation sites is 6. The molecule has 574 valence electrons. The van der Waals surface area contributed by atoms with Crippen LogP contribution in [0, 0.1) is 0 Å². The number of rotatable bonds is 8. The number of nitrogens with zero attached hydrogens (tertiary/aromatic N) is 6. The molecular weight excluding hydrogens is 1480 g/mol. The first kappa shape index (κ1) is 72.2. The van der Waals surface area contributed by atoms with Crippen molar-refractivity contribution in [3.63, 3.8) is 0 Å². The topological polar surface area (TPSA) is 19.4 Å². The fourth-order valence-corrected chi connectivity index (χ4v) is 24.0. The van der Waals surface area contributed by atoms with Crippen LogP contribution in [0.15, 0.2) is 323 Å². The lowest BCUT2D eigenvalue weighted by molar-refractivity contribution is 0.590. The highest BCUT2D eigenvalue weighted by atomic mass is 32.2. The molecule has 0 radical (unpaired) electrons. The minimum absolute atomic E-state index is 0.123. The van der Waals surface area contributed by atoms with Crippen LogP contribution in [-0.2, 0) is 16.2 Å². The van der Waals surface area contributed by atoms with Gasteiger partial charge in [-0.15, -0.1) is 0 Å². The van der Waals surface area contributed by atoms with E-state index >= 15 is 0 Å². The zero-order valence-electron chi connectivity index (χ0n) is 69.8. The lowest BCUT2D eigenvalue weighted by Crippen LogP contribution is -2.68. The van der Waals surface area contributed by atoms with Gasteiger partial charge < -0.3 is 29.4 Å². The summed E-state index contributed by atoms with van der Waals surface area (Å²) in [4.78, 5) is 21.6. The summed E-state index contributed by atoms with van der Waals surface area (Å²) in [5, 5.41) is 0. The molecule has 0 atom stereocenters. The number of anilines is 16. The van der Waals surface area contributed by atoms with Crippen LogP contribution < -0.4 is 78.6 Å². The Bertz CT molecular complexity index is 6300. The highest BCUT2D eigenvalue weighted by molar-refractivity contribution is 8.00. The van der Waals surface area contributed by atoms with Crippen LogP contribution in [-0.4, -0.2) is 32.2 Å². The molecule has 8 heterocycles. The van der Waals surface area contributed by atoms with E-state index in [9.17, 15) is 0 Å². The molecule has 15 aromatic carbocycles. The van der Waals surface area contributed by atoms with E-state index in [4.69, 9.17) is 0 Å². The summed E-state index contributed by atoms with van der Waals surface area (Å²) < 4.78 is 0. The van der Waals surface area contributed by atoms with E-state index in [0.717, 1.165) is 33.6 Å². The van der Waals surface area contributed by atoms with Crippen LogP contribution in [0.3, 0.4) is 0 Å². The Hall–Kier alpha value is -12.0. The molecule has 0 aliphatic carbocycles. The van der Waals surface area contributed by atoms with Crippen LogP contribution in [0.2, 0.25) is 0 Å². The number of hydrogen-bond acceptors (Lipinski definition) is 8. The van der Waals surface area contributed by atoms with Crippen LogP contribution in [0.1, 0.15) is 107 Å². The predicted molar refractivity (Wildman–Crippen MR) is 513 cm³/mol. The monoisotopic (exact) mass is 1570 g/mol. The van der Waals surface area contributed by atoms with Gasteiger partial charge in [0, 0.05) is 88.0 Å². The summed E-state index contributed by atoms with van der Waals surface area (Å²) in [5.41, 5.74) is 43.5. The van der Waals surface area contributed by atoms with E-state index in [1.807, 2.05) is 23.5 Å². The predicted octanol–water partition coefficient (Wildman–Crippen LogP) is 23.6. The molecule has 0 N–H and O–H groups in total. The lowest BCUT2D eigenvalue weighted by atomic mass is 9.29. The van der Waals surface area contributed by atoms with Crippen molar-refractivity contribution >= 4 is 184 Å². The number of fused-ring (bicyclic) bond motifs is 18. The second-order valence-corrected chi connectivity index (χ2v) is 39.5. The van der Waals surface area contributed by atoms with Crippen molar-refractivity contribution < 1.29 is 0 Å². The van der Waals surface area contributed by atoms with Gasteiger partial charge in [0.25, 0.3) is 6.71 Å². The quantitative estimate of drug-likeness (QED) is 0.138. The van der Waals surface area contributed by atoms with E-state index in [2.05, 4.69) is 423 Å². The largest absolute Gasteiger partial charge is 0.336 e. The Morgan fingerprint density at radius 3 is 0.840 bits per heavy atom. The van der Waals surface area contributed by atoms with Crippen molar-refractivity contribution in [2.75, 3.05) is 29.4 Å². The minimum Gasteiger partial charge on any atom is -0.336 e. The van der Waals surface area contributed by atoms with E-state index in [0.29, 0.717) is 0 Å². The summed E-state index contributed by atoms with van der Waals surface area (Å²) in [7, 11) is 0. The van der Waals surface area contributed by atoms with Gasteiger partial charge in [-0.3, -0.25) is 0 Å². The van der Waals surface area contributed by atoms with Crippen molar-refractivity contribution in [3.8, 4) is 44.5 Å². The molecule has 0 amide bonds. The highest BCUT2D eigenvalue weighted by Crippen LogP contribution is 2.62. The Morgan fingerprint density at radius 2 is 0.504 bits per heavy atom. The molecular formula is C108H91B3N6S2. The standard InChI is InChI=1S/C108H91B3N6S2/c1-64(2)112-81-48-28-30-50-83(81)114-89-62-91-98(104-96(89)109(77-44-26-32-54-93(77)118-104)79-46-34-52-85(112)102(79)114)111-95-87(116(91)100-73(66-36-18-14-19-37-66)56-70(106(5,6)7)57-74(100)67-38-20-15-21-39-67)60-72(108(11,12)13)61-88(95)117(101-75(68-40-22-16-23-41-68)58-71(107(8,9)10)59-76(101)69-42-24-17-25-43-69)92-63-90-97-105(99(92)111)119-94-55-33-27-45-78(94)110(97)80-47-35-53-86-103(80)115(90)84-51-31-29-49-82(84)113(86)65(3)4/h14-65H,1-13H3. The molecule has 6 nitrogen and oxygen atoms in total. The van der Waals surface area contributed by atoms with Gasteiger partial charge in [0.15, 0.2) is 0 Å². The Balaban J connectivity index is 0.965. The lowest BCUT2D eigenvalue weighted by Gasteiger charge is -2.52. The van der Waals surface area contributed by atoms with Gasteiger partial charge in [-0.1, -0.05) is 303 Å². The second-order valence-electron chi connectivity index (χ2n) is 37.4. The molecule has 11 heteroatoms. The Kier molecular flexibility index (Phi) is 15.9. The van der Waals surface area contributed by atoms with Crippen molar-refractivity contribution in [2.24, 2.45) is 0 Å². The van der Waals surface area contributed by atoms with Gasteiger partial charge in [0.2, 0.25) is 13.4 Å². The van der Waals surface area contributed by atoms with Gasteiger partial charge in [0.1, 0.15) is 0 Å². The summed E-state index contributed by atoms with van der Waals surface area (Å²) in [6.45, 7) is 30.5. The van der Waals surface area contributed by atoms with Crippen molar-refractivity contribution in [3.05, 3.63) is 320 Å². The molecule has 0 fully saturated rings. The molecule has 119 heavy (non-hydrogen) atoms. The molecule has 0 unspecified atom stereocenters. The maximum atomic E-state index is 2.86. The first-order valence-electron chi connectivity index (χ1n) is 42.6. The maximum Gasteiger partial charge on any atom is 0.255 e.